The Hall–Kier alpha value is -3.51. The first-order valence-corrected chi connectivity index (χ1v) is 9.64. The van der Waals surface area contributed by atoms with Gasteiger partial charge in [0.2, 0.25) is 0 Å². The fourth-order valence-electron chi connectivity index (χ4n) is 2.59. The maximum Gasteiger partial charge on any atom is 0.262 e. The third-order valence-electron chi connectivity index (χ3n) is 4.02. The number of amides is 2. The Bertz CT molecular complexity index is 1010. The summed E-state index contributed by atoms with van der Waals surface area (Å²) in [7, 11) is 0. The molecule has 7 heteroatoms. The maximum atomic E-state index is 12.3. The van der Waals surface area contributed by atoms with Gasteiger partial charge in [0, 0.05) is 5.02 Å². The van der Waals surface area contributed by atoms with Gasteiger partial charge in [-0.25, -0.2) is 0 Å². The van der Waals surface area contributed by atoms with E-state index in [1.54, 1.807) is 48.5 Å². The van der Waals surface area contributed by atoms with Crippen molar-refractivity contribution in [2.75, 3.05) is 23.8 Å². The van der Waals surface area contributed by atoms with Crippen molar-refractivity contribution in [2.45, 2.75) is 6.92 Å². The smallest absolute Gasteiger partial charge is 0.262 e. The quantitative estimate of drug-likeness (QED) is 0.550. The first-order chi connectivity index (χ1) is 14.5. The van der Waals surface area contributed by atoms with E-state index in [9.17, 15) is 9.59 Å². The number of hydrogen-bond acceptors (Lipinski definition) is 4. The van der Waals surface area contributed by atoms with E-state index in [4.69, 9.17) is 21.1 Å². The van der Waals surface area contributed by atoms with E-state index in [0.29, 0.717) is 27.9 Å². The Kier molecular flexibility index (Phi) is 7.29. The van der Waals surface area contributed by atoms with Crippen molar-refractivity contribution in [1.29, 1.82) is 0 Å². The molecule has 3 aromatic carbocycles. The molecule has 0 spiro atoms. The van der Waals surface area contributed by atoms with Crippen LogP contribution < -0.4 is 20.1 Å². The molecule has 0 aliphatic rings. The van der Waals surface area contributed by atoms with Crippen LogP contribution in [0.1, 0.15) is 5.56 Å². The summed E-state index contributed by atoms with van der Waals surface area (Å²) in [5.74, 6) is 0.442. The lowest BCUT2D eigenvalue weighted by atomic mass is 10.2. The highest BCUT2D eigenvalue weighted by Crippen LogP contribution is 2.23. The Morgan fingerprint density at radius 2 is 1.33 bits per heavy atom. The SMILES string of the molecule is Cc1ccc(NC(=O)COc2ccccc2)c(NC(=O)COc2ccc(Cl)cc2)c1. The van der Waals surface area contributed by atoms with Crippen LogP contribution in [-0.2, 0) is 9.59 Å². The van der Waals surface area contributed by atoms with Gasteiger partial charge in [-0.15, -0.1) is 0 Å². The number of aryl methyl sites for hydroxylation is 1. The highest BCUT2D eigenvalue weighted by Gasteiger charge is 2.11. The molecule has 0 aliphatic carbocycles. The molecule has 2 N–H and O–H groups in total. The van der Waals surface area contributed by atoms with E-state index >= 15 is 0 Å². The molecule has 0 aliphatic heterocycles. The van der Waals surface area contributed by atoms with Gasteiger partial charge in [0.25, 0.3) is 11.8 Å². The van der Waals surface area contributed by atoms with E-state index in [2.05, 4.69) is 10.6 Å². The molecule has 154 valence electrons. The molecule has 0 saturated carbocycles. The van der Waals surface area contributed by atoms with Crippen LogP contribution in [-0.4, -0.2) is 25.0 Å². The summed E-state index contributed by atoms with van der Waals surface area (Å²) in [6, 6.07) is 21.1. The summed E-state index contributed by atoms with van der Waals surface area (Å²) in [4.78, 5) is 24.6. The molecule has 0 heterocycles. The Balaban J connectivity index is 1.57. The van der Waals surface area contributed by atoms with Crippen molar-refractivity contribution in [3.8, 4) is 11.5 Å². The number of anilines is 2. The summed E-state index contributed by atoms with van der Waals surface area (Å²) in [5, 5.41) is 6.11. The number of nitrogens with one attached hydrogen (secondary N) is 2. The van der Waals surface area contributed by atoms with E-state index in [0.717, 1.165) is 5.56 Å². The van der Waals surface area contributed by atoms with Crippen LogP contribution >= 0.6 is 11.6 Å². The molecule has 0 bridgehead atoms. The second-order valence-electron chi connectivity index (χ2n) is 6.49. The van der Waals surface area contributed by atoms with E-state index in [1.807, 2.05) is 31.2 Å². The lowest BCUT2D eigenvalue weighted by Gasteiger charge is -2.14. The summed E-state index contributed by atoms with van der Waals surface area (Å²) in [6.45, 7) is 1.56. The minimum atomic E-state index is -0.355. The van der Waals surface area contributed by atoms with Gasteiger partial charge < -0.3 is 20.1 Å². The van der Waals surface area contributed by atoms with Gasteiger partial charge in [0.1, 0.15) is 11.5 Å². The first kappa shape index (κ1) is 21.2. The zero-order valence-corrected chi connectivity index (χ0v) is 17.1. The molecule has 0 radical (unpaired) electrons. The third kappa shape index (κ3) is 6.53. The monoisotopic (exact) mass is 424 g/mol. The predicted molar refractivity (Wildman–Crippen MR) is 117 cm³/mol. The molecule has 6 nitrogen and oxygen atoms in total. The normalized spacial score (nSPS) is 10.2. The number of rotatable bonds is 8. The predicted octanol–water partition coefficient (Wildman–Crippen LogP) is 4.68. The highest BCUT2D eigenvalue weighted by atomic mass is 35.5. The van der Waals surface area contributed by atoms with Crippen molar-refractivity contribution in [2.24, 2.45) is 0 Å². The van der Waals surface area contributed by atoms with Gasteiger partial charge in [-0.2, -0.15) is 0 Å². The Labute approximate surface area is 179 Å². The molecular weight excluding hydrogens is 404 g/mol. The molecule has 0 unspecified atom stereocenters. The van der Waals surface area contributed by atoms with E-state index in [1.165, 1.54) is 0 Å². The standard InChI is InChI=1S/C23H21ClN2O4/c1-16-7-12-20(25-22(27)14-29-18-5-3-2-4-6-18)21(13-16)26-23(28)15-30-19-10-8-17(24)9-11-19/h2-13H,14-15H2,1H3,(H,25,27)(H,26,28). The summed E-state index contributed by atoms with van der Waals surface area (Å²) in [6.07, 6.45) is 0. The molecule has 3 rings (SSSR count). The molecule has 3 aromatic rings. The van der Waals surface area contributed by atoms with E-state index in [-0.39, 0.29) is 25.0 Å². The van der Waals surface area contributed by atoms with Crippen LogP contribution in [0.4, 0.5) is 11.4 Å². The topological polar surface area (TPSA) is 76.7 Å². The Morgan fingerprint density at radius 1 is 0.767 bits per heavy atom. The van der Waals surface area contributed by atoms with Crippen LogP contribution in [0.15, 0.2) is 72.8 Å². The number of hydrogen-bond donors (Lipinski definition) is 2. The average molecular weight is 425 g/mol. The van der Waals surface area contributed by atoms with Crippen molar-refractivity contribution in [3.63, 3.8) is 0 Å². The number of benzene rings is 3. The van der Waals surface area contributed by atoms with Crippen molar-refractivity contribution in [3.05, 3.63) is 83.4 Å². The fourth-order valence-corrected chi connectivity index (χ4v) is 2.71. The minimum absolute atomic E-state index is 0.148. The number of halogens is 1. The van der Waals surface area contributed by atoms with Gasteiger partial charge in [-0.1, -0.05) is 35.9 Å². The van der Waals surface area contributed by atoms with Crippen LogP contribution in [0, 0.1) is 6.92 Å². The van der Waals surface area contributed by atoms with E-state index < -0.39 is 0 Å². The van der Waals surface area contributed by atoms with Crippen LogP contribution in [0.2, 0.25) is 5.02 Å². The fraction of sp³-hybridized carbons (Fsp3) is 0.130. The number of para-hydroxylation sites is 1. The highest BCUT2D eigenvalue weighted by molar-refractivity contribution is 6.30. The second kappa shape index (κ2) is 10.3. The Morgan fingerprint density at radius 3 is 1.97 bits per heavy atom. The molecule has 0 saturated heterocycles. The van der Waals surface area contributed by atoms with Crippen molar-refractivity contribution in [1.82, 2.24) is 0 Å². The largest absolute Gasteiger partial charge is 0.484 e. The van der Waals surface area contributed by atoms with Gasteiger partial charge >= 0.3 is 0 Å². The average Bonchev–Trinajstić information content (AvgIpc) is 2.74. The van der Waals surface area contributed by atoms with Crippen molar-refractivity contribution >= 4 is 34.8 Å². The molecule has 2 amide bonds. The van der Waals surface area contributed by atoms with Gasteiger partial charge in [0.15, 0.2) is 13.2 Å². The molecule has 30 heavy (non-hydrogen) atoms. The summed E-state index contributed by atoms with van der Waals surface area (Å²) in [5.41, 5.74) is 1.89. The summed E-state index contributed by atoms with van der Waals surface area (Å²) < 4.78 is 10.9. The van der Waals surface area contributed by atoms with Crippen LogP contribution in [0.3, 0.4) is 0 Å². The van der Waals surface area contributed by atoms with Gasteiger partial charge in [-0.05, 0) is 61.0 Å². The van der Waals surface area contributed by atoms with Crippen molar-refractivity contribution < 1.29 is 19.1 Å². The van der Waals surface area contributed by atoms with Gasteiger partial charge in [0.05, 0.1) is 11.4 Å². The number of ether oxygens (including phenoxy) is 2. The zero-order chi connectivity index (χ0) is 21.3. The number of carbonyl (C=O) groups is 2. The third-order valence-corrected chi connectivity index (χ3v) is 4.27. The molecule has 0 aromatic heterocycles. The first-order valence-electron chi connectivity index (χ1n) is 9.26. The van der Waals surface area contributed by atoms with Crippen LogP contribution in [0.25, 0.3) is 0 Å². The zero-order valence-electron chi connectivity index (χ0n) is 16.4. The maximum absolute atomic E-state index is 12.3. The number of carbonyl (C=O) groups excluding carboxylic acids is 2. The second-order valence-corrected chi connectivity index (χ2v) is 6.93. The summed E-state index contributed by atoms with van der Waals surface area (Å²) >= 11 is 5.83. The molecular formula is C23H21ClN2O4. The lowest BCUT2D eigenvalue weighted by Crippen LogP contribution is -2.23. The lowest BCUT2D eigenvalue weighted by molar-refractivity contribution is -0.119. The van der Waals surface area contributed by atoms with Gasteiger partial charge in [-0.3, -0.25) is 9.59 Å². The van der Waals surface area contributed by atoms with Crippen LogP contribution in [0.5, 0.6) is 11.5 Å². The molecule has 0 atom stereocenters. The minimum Gasteiger partial charge on any atom is -0.484 e. The molecule has 0 fully saturated rings.